The Kier molecular flexibility index (Phi) is 10.5. The fourth-order valence-electron chi connectivity index (χ4n) is 11.3. The molecule has 0 spiro atoms. The first kappa shape index (κ1) is 39.5. The first-order chi connectivity index (χ1) is 31.6. The summed E-state index contributed by atoms with van der Waals surface area (Å²) in [5.74, 6) is 1.13. The zero-order valence-corrected chi connectivity index (χ0v) is 36.0. The van der Waals surface area contributed by atoms with Crippen molar-refractivity contribution in [1.82, 2.24) is 0 Å². The fraction of sp³-hybridized carbons (Fsp3) is 0.148. The molecule has 3 nitrogen and oxygen atoms in total. The van der Waals surface area contributed by atoms with Crippen molar-refractivity contribution in [1.29, 1.82) is 0 Å². The van der Waals surface area contributed by atoms with E-state index in [1.807, 2.05) is 12.1 Å². The van der Waals surface area contributed by atoms with Crippen molar-refractivity contribution in [2.75, 3.05) is 9.80 Å². The minimum Gasteiger partial charge on any atom is -0.508 e. The van der Waals surface area contributed by atoms with E-state index in [4.69, 9.17) is 0 Å². The van der Waals surface area contributed by atoms with Crippen molar-refractivity contribution in [3.05, 3.63) is 270 Å². The first-order valence-electron chi connectivity index (χ1n) is 22.9. The predicted molar refractivity (Wildman–Crippen MR) is 266 cm³/mol. The van der Waals surface area contributed by atoms with Crippen LogP contribution < -0.4 is 9.80 Å². The van der Waals surface area contributed by atoms with Crippen LogP contribution in [0.5, 0.6) is 5.75 Å². The molecule has 5 unspecified atom stereocenters. The molecule has 0 saturated heterocycles. The summed E-state index contributed by atoms with van der Waals surface area (Å²) in [5, 5.41) is 10.7. The zero-order valence-electron chi connectivity index (χ0n) is 36.0. The summed E-state index contributed by atoms with van der Waals surface area (Å²) in [4.78, 5) is 4.80. The monoisotopic (exact) mass is 828 g/mol. The van der Waals surface area contributed by atoms with Crippen LogP contribution in [0, 0.1) is 23.7 Å². The summed E-state index contributed by atoms with van der Waals surface area (Å²) in [6, 6.07) is 58.8. The van der Waals surface area contributed by atoms with Crippen molar-refractivity contribution >= 4 is 33.9 Å². The minimum absolute atomic E-state index is 0.145. The highest BCUT2D eigenvalue weighted by Crippen LogP contribution is 2.64. The van der Waals surface area contributed by atoms with Gasteiger partial charge in [-0.3, -0.25) is 0 Å². The fourth-order valence-corrected chi connectivity index (χ4v) is 11.3. The lowest BCUT2D eigenvalue weighted by Crippen LogP contribution is -2.39. The summed E-state index contributed by atoms with van der Waals surface area (Å²) in [7, 11) is 0. The predicted octanol–water partition coefficient (Wildman–Crippen LogP) is 15.2. The molecule has 0 bridgehead atoms. The van der Waals surface area contributed by atoms with Crippen molar-refractivity contribution in [2.24, 2.45) is 23.7 Å². The minimum atomic E-state index is -0.410. The van der Waals surface area contributed by atoms with Crippen LogP contribution in [0.1, 0.15) is 47.9 Å². The Morgan fingerprint density at radius 1 is 0.438 bits per heavy atom. The molecule has 64 heavy (non-hydrogen) atoms. The van der Waals surface area contributed by atoms with Gasteiger partial charge >= 0.3 is 0 Å². The molecule has 0 aliphatic heterocycles. The lowest BCUT2D eigenvalue weighted by Gasteiger charge is -2.42. The summed E-state index contributed by atoms with van der Waals surface area (Å²) < 4.78 is 0. The zero-order chi connectivity index (χ0) is 42.9. The van der Waals surface area contributed by atoms with E-state index in [2.05, 4.69) is 234 Å². The Labute approximate surface area is 378 Å². The number of benzene rings is 6. The Bertz CT molecular complexity index is 2810. The molecule has 5 aliphatic carbocycles. The number of allylic oxidation sites excluding steroid dienone is 16. The van der Waals surface area contributed by atoms with Gasteiger partial charge in [-0.25, -0.2) is 0 Å². The normalized spacial score (nSPS) is 23.0. The van der Waals surface area contributed by atoms with Crippen LogP contribution in [0.15, 0.2) is 248 Å². The van der Waals surface area contributed by atoms with Gasteiger partial charge in [0.15, 0.2) is 0 Å². The highest BCUT2D eigenvalue weighted by atomic mass is 16.3. The van der Waals surface area contributed by atoms with Gasteiger partial charge in [-0.15, -0.1) is 0 Å². The molecule has 3 heteroatoms. The Morgan fingerprint density at radius 2 is 0.859 bits per heavy atom. The van der Waals surface area contributed by atoms with Crippen LogP contribution in [-0.2, 0) is 5.41 Å². The van der Waals surface area contributed by atoms with Gasteiger partial charge in [0.25, 0.3) is 0 Å². The number of aromatic hydroxyl groups is 1. The number of anilines is 4. The van der Waals surface area contributed by atoms with Gasteiger partial charge < -0.3 is 14.9 Å². The maximum absolute atomic E-state index is 10.7. The standard InChI is InChI=1S/C61H52N2O/c64-56-38-32-49(33-39-56)61(48-16-6-1-7-17-48)59-42-46(44-26-34-54(35-27-44)62(50-18-8-2-9-19-50)51-20-10-3-11-21-51)30-40-57(59)58-41-31-47(43-60(58)61)45-28-36-55(37-29-45)63(52-22-12-4-13-23-52)53-24-14-5-15-25-53/h1-12,14,16-22,24,26-43,57-60,64H,13,15,23,25H2. The van der Waals surface area contributed by atoms with Gasteiger partial charge in [0.2, 0.25) is 0 Å². The van der Waals surface area contributed by atoms with Gasteiger partial charge in [-0.05, 0) is 156 Å². The van der Waals surface area contributed by atoms with Crippen LogP contribution in [0.3, 0.4) is 0 Å². The Balaban J connectivity index is 0.992. The summed E-state index contributed by atoms with van der Waals surface area (Å²) in [6.45, 7) is 0. The lowest BCUT2D eigenvalue weighted by molar-refractivity contribution is 0.362. The molecule has 312 valence electrons. The molecule has 0 amide bonds. The van der Waals surface area contributed by atoms with Crippen molar-refractivity contribution in [3.8, 4) is 5.75 Å². The number of para-hydroxylation sites is 2. The molecular formula is C61H52N2O. The van der Waals surface area contributed by atoms with Crippen LogP contribution >= 0.6 is 0 Å². The number of hydrogen-bond acceptors (Lipinski definition) is 3. The van der Waals surface area contributed by atoms with Crippen molar-refractivity contribution < 1.29 is 5.11 Å². The van der Waals surface area contributed by atoms with Gasteiger partial charge in [0, 0.05) is 39.6 Å². The van der Waals surface area contributed by atoms with Crippen LogP contribution in [0.2, 0.25) is 0 Å². The molecule has 6 aromatic rings. The van der Waals surface area contributed by atoms with Gasteiger partial charge in [-0.2, -0.15) is 0 Å². The average molecular weight is 829 g/mol. The number of rotatable bonds is 10. The van der Waals surface area contributed by atoms with Crippen LogP contribution in [-0.4, -0.2) is 5.11 Å². The molecule has 1 fully saturated rings. The second-order valence-corrected chi connectivity index (χ2v) is 17.6. The van der Waals surface area contributed by atoms with E-state index in [0.29, 0.717) is 0 Å². The van der Waals surface area contributed by atoms with Gasteiger partial charge in [0.05, 0.1) is 0 Å². The molecule has 11 rings (SSSR count). The van der Waals surface area contributed by atoms with E-state index >= 15 is 0 Å². The second kappa shape index (κ2) is 17.1. The Hall–Kier alpha value is -7.36. The molecule has 1 N–H and O–H groups in total. The maximum atomic E-state index is 10.7. The van der Waals surface area contributed by atoms with Gasteiger partial charge in [0.1, 0.15) is 5.75 Å². The summed E-state index contributed by atoms with van der Waals surface area (Å²) in [6.07, 6.45) is 32.6. The number of nitrogens with zero attached hydrogens (tertiary/aromatic N) is 2. The highest BCUT2D eigenvalue weighted by Gasteiger charge is 2.60. The molecule has 0 aromatic heterocycles. The summed E-state index contributed by atoms with van der Waals surface area (Å²) in [5.41, 5.74) is 14.3. The smallest absolute Gasteiger partial charge is 0.115 e. The Morgan fingerprint density at radius 3 is 1.31 bits per heavy atom. The van der Waals surface area contributed by atoms with Crippen LogP contribution in [0.25, 0.3) is 11.1 Å². The first-order valence-corrected chi connectivity index (χ1v) is 22.9. The average Bonchev–Trinajstić information content (AvgIpc) is 3.66. The molecule has 6 aromatic carbocycles. The van der Waals surface area contributed by atoms with E-state index in [-0.39, 0.29) is 29.4 Å². The largest absolute Gasteiger partial charge is 0.508 e. The third-order valence-electron chi connectivity index (χ3n) is 14.1. The van der Waals surface area contributed by atoms with Crippen molar-refractivity contribution in [3.63, 3.8) is 0 Å². The summed E-state index contributed by atoms with van der Waals surface area (Å²) >= 11 is 0. The van der Waals surface area contributed by atoms with E-state index in [9.17, 15) is 5.11 Å². The number of fused-ring (bicyclic) bond motifs is 3. The molecule has 5 aliphatic rings. The highest BCUT2D eigenvalue weighted by molar-refractivity contribution is 5.82. The van der Waals surface area contributed by atoms with Crippen molar-refractivity contribution in [2.45, 2.75) is 31.1 Å². The second-order valence-electron chi connectivity index (χ2n) is 17.6. The topological polar surface area (TPSA) is 26.7 Å². The molecule has 1 saturated carbocycles. The van der Waals surface area contributed by atoms with Crippen LogP contribution in [0.4, 0.5) is 22.7 Å². The van der Waals surface area contributed by atoms with E-state index < -0.39 is 5.41 Å². The number of phenols is 1. The quantitative estimate of drug-likeness (QED) is 0.149. The molecule has 0 heterocycles. The molecule has 0 radical (unpaired) electrons. The SMILES string of the molecule is Oc1ccc(C2(c3ccccc3)C3C=C(c4ccc(N(C5=CC=CCC5)C5=CC=CCC5)cc4)C=CC3C3C=CC(c4ccc(N(c5ccccc5)c5ccccc5)cc4)=CC32)cc1. The van der Waals surface area contributed by atoms with Gasteiger partial charge in [-0.1, -0.05) is 164 Å². The molecular weight excluding hydrogens is 777 g/mol. The third-order valence-corrected chi connectivity index (χ3v) is 14.1. The van der Waals surface area contributed by atoms with E-state index in [1.165, 1.54) is 50.5 Å². The molecule has 5 atom stereocenters. The van der Waals surface area contributed by atoms with E-state index in [1.54, 1.807) is 0 Å². The number of phenolic OH excluding ortho intramolecular Hbond substituents is 1. The third kappa shape index (κ3) is 7.12. The van der Waals surface area contributed by atoms with E-state index in [0.717, 1.165) is 42.7 Å². The maximum Gasteiger partial charge on any atom is 0.115 e. The number of hydrogen-bond donors (Lipinski definition) is 1. The lowest BCUT2D eigenvalue weighted by atomic mass is 9.60.